The molecule has 2 aromatic rings. The SMILES string of the molecule is CC(C)CN1C=Cc2cc(-c3cnc(C4CC4)nc3)ccc2C1. The zero-order valence-electron chi connectivity index (χ0n) is 13.9. The summed E-state index contributed by atoms with van der Waals surface area (Å²) in [5.41, 5.74) is 5.02. The predicted molar refractivity (Wildman–Crippen MR) is 93.7 cm³/mol. The average Bonchev–Trinajstić information content (AvgIpc) is 3.39. The number of hydrogen-bond acceptors (Lipinski definition) is 3. The van der Waals surface area contributed by atoms with E-state index in [4.69, 9.17) is 0 Å². The first-order chi connectivity index (χ1) is 11.2. The van der Waals surface area contributed by atoms with Gasteiger partial charge in [-0.15, -0.1) is 0 Å². The number of nitrogens with zero attached hydrogens (tertiary/aromatic N) is 3. The van der Waals surface area contributed by atoms with Gasteiger partial charge in [0.1, 0.15) is 5.82 Å². The maximum atomic E-state index is 4.54. The monoisotopic (exact) mass is 305 g/mol. The van der Waals surface area contributed by atoms with Crippen LogP contribution in [0.2, 0.25) is 0 Å². The predicted octanol–water partition coefficient (Wildman–Crippen LogP) is 4.46. The van der Waals surface area contributed by atoms with Gasteiger partial charge in [0, 0.05) is 37.0 Å². The molecule has 0 unspecified atom stereocenters. The van der Waals surface area contributed by atoms with Gasteiger partial charge in [-0.3, -0.25) is 0 Å². The molecule has 4 rings (SSSR count). The van der Waals surface area contributed by atoms with E-state index in [-0.39, 0.29) is 0 Å². The van der Waals surface area contributed by atoms with Gasteiger partial charge in [-0.25, -0.2) is 9.97 Å². The maximum Gasteiger partial charge on any atom is 0.131 e. The Morgan fingerprint density at radius 2 is 1.91 bits per heavy atom. The highest BCUT2D eigenvalue weighted by Gasteiger charge is 2.26. The lowest BCUT2D eigenvalue weighted by Crippen LogP contribution is -2.24. The summed E-state index contributed by atoms with van der Waals surface area (Å²) >= 11 is 0. The molecule has 1 aliphatic carbocycles. The van der Waals surface area contributed by atoms with Crippen LogP contribution in [0.4, 0.5) is 0 Å². The molecule has 1 aromatic heterocycles. The first-order valence-electron chi connectivity index (χ1n) is 8.56. The van der Waals surface area contributed by atoms with Gasteiger partial charge in [-0.05, 0) is 53.8 Å². The minimum atomic E-state index is 0.613. The maximum absolute atomic E-state index is 4.54. The molecule has 1 fully saturated rings. The normalized spacial score (nSPS) is 16.7. The molecule has 1 aliphatic heterocycles. The molecule has 3 heteroatoms. The lowest BCUT2D eigenvalue weighted by molar-refractivity contribution is 0.322. The van der Waals surface area contributed by atoms with E-state index < -0.39 is 0 Å². The Balaban J connectivity index is 1.56. The van der Waals surface area contributed by atoms with Crippen LogP contribution < -0.4 is 0 Å². The minimum Gasteiger partial charge on any atom is -0.373 e. The summed E-state index contributed by atoms with van der Waals surface area (Å²) in [4.78, 5) is 11.5. The van der Waals surface area contributed by atoms with Gasteiger partial charge in [0.05, 0.1) is 0 Å². The molecule has 0 radical (unpaired) electrons. The second-order valence-corrected chi connectivity index (χ2v) is 7.16. The van der Waals surface area contributed by atoms with Gasteiger partial charge < -0.3 is 4.90 Å². The Hall–Kier alpha value is -2.16. The van der Waals surface area contributed by atoms with E-state index in [1.165, 1.54) is 29.5 Å². The van der Waals surface area contributed by atoms with E-state index >= 15 is 0 Å². The molecule has 1 saturated carbocycles. The molecular formula is C20H23N3. The van der Waals surface area contributed by atoms with Gasteiger partial charge in [0.15, 0.2) is 0 Å². The van der Waals surface area contributed by atoms with Crippen molar-refractivity contribution >= 4 is 6.08 Å². The van der Waals surface area contributed by atoms with Crippen LogP contribution in [0.1, 0.15) is 49.6 Å². The van der Waals surface area contributed by atoms with E-state index in [2.05, 4.69) is 59.2 Å². The molecule has 2 heterocycles. The second kappa shape index (κ2) is 5.80. The Morgan fingerprint density at radius 1 is 1.13 bits per heavy atom. The van der Waals surface area contributed by atoms with Crippen molar-refractivity contribution in [3.63, 3.8) is 0 Å². The second-order valence-electron chi connectivity index (χ2n) is 7.16. The smallest absolute Gasteiger partial charge is 0.131 e. The number of rotatable bonds is 4. The summed E-state index contributed by atoms with van der Waals surface area (Å²) in [6.45, 7) is 6.63. The lowest BCUT2D eigenvalue weighted by atomic mass is 9.98. The average molecular weight is 305 g/mol. The van der Waals surface area contributed by atoms with Crippen LogP contribution in [-0.2, 0) is 6.54 Å². The molecule has 23 heavy (non-hydrogen) atoms. The van der Waals surface area contributed by atoms with Crippen LogP contribution >= 0.6 is 0 Å². The Bertz CT molecular complexity index is 727. The van der Waals surface area contributed by atoms with Crippen LogP contribution in [0.25, 0.3) is 17.2 Å². The molecule has 0 N–H and O–H groups in total. The molecule has 0 atom stereocenters. The molecule has 118 valence electrons. The van der Waals surface area contributed by atoms with Crippen molar-refractivity contribution in [2.24, 2.45) is 5.92 Å². The Labute approximate surface area is 138 Å². The molecular weight excluding hydrogens is 282 g/mol. The summed E-state index contributed by atoms with van der Waals surface area (Å²) in [6, 6.07) is 6.70. The van der Waals surface area contributed by atoms with E-state index in [0.29, 0.717) is 11.8 Å². The zero-order chi connectivity index (χ0) is 15.8. The first-order valence-corrected chi connectivity index (χ1v) is 8.56. The lowest BCUT2D eigenvalue weighted by Gasteiger charge is -2.27. The largest absolute Gasteiger partial charge is 0.373 e. The van der Waals surface area contributed by atoms with Gasteiger partial charge in [-0.2, -0.15) is 0 Å². The topological polar surface area (TPSA) is 29.0 Å². The highest BCUT2D eigenvalue weighted by atomic mass is 15.1. The zero-order valence-corrected chi connectivity index (χ0v) is 13.9. The number of aromatic nitrogens is 2. The molecule has 1 aromatic carbocycles. The van der Waals surface area contributed by atoms with E-state index in [9.17, 15) is 0 Å². The van der Waals surface area contributed by atoms with Crippen LogP contribution in [0.3, 0.4) is 0 Å². The van der Waals surface area contributed by atoms with Gasteiger partial charge in [-0.1, -0.05) is 26.0 Å². The van der Waals surface area contributed by atoms with Gasteiger partial charge >= 0.3 is 0 Å². The molecule has 0 amide bonds. The van der Waals surface area contributed by atoms with Crippen LogP contribution in [0, 0.1) is 5.92 Å². The van der Waals surface area contributed by atoms with Crippen molar-refractivity contribution in [1.29, 1.82) is 0 Å². The molecule has 0 spiro atoms. The minimum absolute atomic E-state index is 0.613. The third-order valence-electron chi connectivity index (χ3n) is 4.53. The summed E-state index contributed by atoms with van der Waals surface area (Å²) in [5, 5.41) is 0. The number of hydrogen-bond donors (Lipinski definition) is 0. The fourth-order valence-corrected chi connectivity index (χ4v) is 3.16. The fourth-order valence-electron chi connectivity index (χ4n) is 3.16. The first kappa shape index (κ1) is 14.4. The molecule has 0 saturated heterocycles. The quantitative estimate of drug-likeness (QED) is 0.835. The molecule has 3 nitrogen and oxygen atoms in total. The highest BCUT2D eigenvalue weighted by molar-refractivity contribution is 5.68. The summed E-state index contributed by atoms with van der Waals surface area (Å²) in [5.74, 6) is 2.31. The van der Waals surface area contributed by atoms with E-state index in [0.717, 1.165) is 24.5 Å². The molecule has 2 aliphatic rings. The third kappa shape index (κ3) is 3.14. The third-order valence-corrected chi connectivity index (χ3v) is 4.53. The van der Waals surface area contributed by atoms with Crippen LogP contribution in [0.15, 0.2) is 36.8 Å². The van der Waals surface area contributed by atoms with Gasteiger partial charge in [0.25, 0.3) is 0 Å². The van der Waals surface area contributed by atoms with Crippen LogP contribution in [0.5, 0.6) is 0 Å². The Morgan fingerprint density at radius 3 is 2.61 bits per heavy atom. The van der Waals surface area contributed by atoms with Gasteiger partial charge in [0.2, 0.25) is 0 Å². The van der Waals surface area contributed by atoms with Crippen molar-refractivity contribution in [3.05, 3.63) is 53.7 Å². The van der Waals surface area contributed by atoms with Crippen molar-refractivity contribution < 1.29 is 0 Å². The number of benzene rings is 1. The van der Waals surface area contributed by atoms with Crippen molar-refractivity contribution in [2.75, 3.05) is 6.54 Å². The standard InChI is InChI=1S/C20H23N3/c1-14(2)12-23-8-7-17-9-16(5-6-18(17)13-23)19-10-21-20(22-11-19)15-3-4-15/h5-11,14-15H,3-4,12-13H2,1-2H3. The summed E-state index contributed by atoms with van der Waals surface area (Å²) in [7, 11) is 0. The fraction of sp³-hybridized carbons (Fsp3) is 0.400. The molecule has 0 bridgehead atoms. The van der Waals surface area contributed by atoms with Crippen molar-refractivity contribution in [3.8, 4) is 11.1 Å². The summed E-state index contributed by atoms with van der Waals surface area (Å²) in [6.07, 6.45) is 10.9. The van der Waals surface area contributed by atoms with E-state index in [1.807, 2.05) is 12.4 Å². The number of fused-ring (bicyclic) bond motifs is 1. The van der Waals surface area contributed by atoms with E-state index in [1.54, 1.807) is 0 Å². The van der Waals surface area contributed by atoms with Crippen LogP contribution in [-0.4, -0.2) is 21.4 Å². The highest BCUT2D eigenvalue weighted by Crippen LogP contribution is 2.38. The Kier molecular flexibility index (Phi) is 3.64. The van der Waals surface area contributed by atoms with Crippen molar-refractivity contribution in [2.45, 2.75) is 39.2 Å². The summed E-state index contributed by atoms with van der Waals surface area (Å²) < 4.78 is 0. The van der Waals surface area contributed by atoms with Crippen molar-refractivity contribution in [1.82, 2.24) is 14.9 Å².